The summed E-state index contributed by atoms with van der Waals surface area (Å²) in [4.78, 5) is 2.51. The zero-order valence-corrected chi connectivity index (χ0v) is 17.0. The number of hydrogen-bond acceptors (Lipinski definition) is 2. The van der Waals surface area contributed by atoms with Crippen LogP contribution in [0.25, 0.3) is 0 Å². The van der Waals surface area contributed by atoms with Gasteiger partial charge in [0.25, 0.3) is 0 Å². The van der Waals surface area contributed by atoms with Gasteiger partial charge >= 0.3 is 0 Å². The first-order chi connectivity index (χ1) is 13.2. The molecule has 3 heteroatoms. The molecule has 146 valence electrons. The van der Waals surface area contributed by atoms with Gasteiger partial charge in [0.15, 0.2) is 0 Å². The smallest absolute Gasteiger partial charge is 0.0920 e. The lowest BCUT2D eigenvalue weighted by molar-refractivity contribution is -0.0261. The molecule has 0 aromatic heterocycles. The second-order valence-corrected chi connectivity index (χ2v) is 8.32. The summed E-state index contributed by atoms with van der Waals surface area (Å²) in [6.07, 6.45) is 9.35. The largest absolute Gasteiger partial charge is 0.385 e. The number of aryl methyl sites for hydroxylation is 1. The molecule has 0 spiro atoms. The van der Waals surface area contributed by atoms with Gasteiger partial charge in [-0.3, -0.25) is 0 Å². The topological polar surface area (TPSA) is 23.5 Å². The molecule has 2 aromatic rings. The summed E-state index contributed by atoms with van der Waals surface area (Å²) in [6.45, 7) is 3.12. The summed E-state index contributed by atoms with van der Waals surface area (Å²) < 4.78 is 0. The summed E-state index contributed by atoms with van der Waals surface area (Å²) in [5.41, 5.74) is 1.78. The summed E-state index contributed by atoms with van der Waals surface area (Å²) in [5.74, 6) is 0. The fourth-order valence-corrected chi connectivity index (χ4v) is 4.16. The molecule has 27 heavy (non-hydrogen) atoms. The lowest BCUT2D eigenvalue weighted by Crippen LogP contribution is -2.42. The van der Waals surface area contributed by atoms with Crippen molar-refractivity contribution in [2.45, 2.75) is 57.0 Å². The van der Waals surface area contributed by atoms with Gasteiger partial charge in [-0.1, -0.05) is 73.3 Å². The zero-order valence-electron chi connectivity index (χ0n) is 16.2. The van der Waals surface area contributed by atoms with Gasteiger partial charge in [-0.15, -0.1) is 0 Å². The Morgan fingerprint density at radius 3 is 2.15 bits per heavy atom. The molecule has 0 aliphatic carbocycles. The van der Waals surface area contributed by atoms with Crippen molar-refractivity contribution in [3.63, 3.8) is 0 Å². The number of benzene rings is 2. The first-order valence-electron chi connectivity index (χ1n) is 10.4. The molecule has 0 unspecified atom stereocenters. The molecule has 1 aliphatic heterocycles. The van der Waals surface area contributed by atoms with E-state index in [1.54, 1.807) is 0 Å². The predicted molar refractivity (Wildman–Crippen MR) is 114 cm³/mol. The summed E-state index contributed by atoms with van der Waals surface area (Å²) >= 11 is 5.96. The van der Waals surface area contributed by atoms with E-state index in [1.807, 2.05) is 24.3 Å². The van der Waals surface area contributed by atoms with Crippen molar-refractivity contribution in [3.8, 4) is 0 Å². The van der Waals surface area contributed by atoms with E-state index in [4.69, 9.17) is 11.6 Å². The maximum Gasteiger partial charge on any atom is 0.0920 e. The average molecular weight is 386 g/mol. The van der Waals surface area contributed by atoms with Gasteiger partial charge in [-0.2, -0.15) is 0 Å². The monoisotopic (exact) mass is 385 g/mol. The third-order valence-electron chi connectivity index (χ3n) is 5.85. The van der Waals surface area contributed by atoms with Gasteiger partial charge in [0.1, 0.15) is 0 Å². The van der Waals surface area contributed by atoms with Crippen molar-refractivity contribution in [3.05, 3.63) is 70.7 Å². The van der Waals surface area contributed by atoms with E-state index in [1.165, 1.54) is 44.1 Å². The highest BCUT2D eigenvalue weighted by Crippen LogP contribution is 2.33. The molecule has 0 bridgehead atoms. The summed E-state index contributed by atoms with van der Waals surface area (Å²) in [5, 5.41) is 11.7. The maximum atomic E-state index is 10.9. The normalized spacial score (nSPS) is 17.1. The highest BCUT2D eigenvalue weighted by atomic mass is 35.5. The Labute approximate surface area is 169 Å². The van der Waals surface area contributed by atoms with Crippen molar-refractivity contribution in [2.24, 2.45) is 0 Å². The lowest BCUT2D eigenvalue weighted by atomic mass is 9.84. The minimum absolute atomic E-state index is 0.682. The van der Waals surface area contributed by atoms with Crippen LogP contribution in [0.2, 0.25) is 5.02 Å². The number of rotatable bonds is 9. The van der Waals surface area contributed by atoms with E-state index in [9.17, 15) is 5.11 Å². The molecule has 0 amide bonds. The van der Waals surface area contributed by atoms with Crippen molar-refractivity contribution in [2.75, 3.05) is 19.6 Å². The molecule has 1 saturated heterocycles. The molecule has 2 aromatic carbocycles. The molecule has 1 aliphatic rings. The van der Waals surface area contributed by atoms with E-state index in [0.29, 0.717) is 0 Å². The van der Waals surface area contributed by atoms with E-state index in [2.05, 4.69) is 35.2 Å². The Balaban J connectivity index is 1.27. The van der Waals surface area contributed by atoms with Crippen LogP contribution in [0.3, 0.4) is 0 Å². The zero-order chi connectivity index (χ0) is 19.0. The van der Waals surface area contributed by atoms with Gasteiger partial charge in [0.2, 0.25) is 0 Å². The quantitative estimate of drug-likeness (QED) is 0.550. The van der Waals surface area contributed by atoms with Crippen LogP contribution in [0.15, 0.2) is 54.6 Å². The Kier molecular flexibility index (Phi) is 7.75. The number of halogens is 1. The van der Waals surface area contributed by atoms with E-state index >= 15 is 0 Å². The summed E-state index contributed by atoms with van der Waals surface area (Å²) in [7, 11) is 0. The third kappa shape index (κ3) is 6.34. The molecular formula is C24H32ClNO. The highest BCUT2D eigenvalue weighted by molar-refractivity contribution is 6.30. The highest BCUT2D eigenvalue weighted by Gasteiger charge is 2.33. The van der Waals surface area contributed by atoms with Gasteiger partial charge in [-0.05, 0) is 61.9 Å². The molecule has 0 saturated carbocycles. The van der Waals surface area contributed by atoms with Crippen molar-refractivity contribution >= 4 is 11.6 Å². The van der Waals surface area contributed by atoms with Crippen LogP contribution in [0.5, 0.6) is 0 Å². The van der Waals surface area contributed by atoms with Gasteiger partial charge in [0.05, 0.1) is 5.60 Å². The van der Waals surface area contributed by atoms with Gasteiger partial charge < -0.3 is 10.0 Å². The number of piperidine rings is 1. The van der Waals surface area contributed by atoms with Crippen LogP contribution in [-0.4, -0.2) is 29.6 Å². The number of likely N-dealkylation sites (tertiary alicyclic amines) is 1. The van der Waals surface area contributed by atoms with Crippen molar-refractivity contribution in [1.29, 1.82) is 0 Å². The first kappa shape index (κ1) is 20.4. The number of aliphatic hydroxyl groups is 1. The van der Waals surface area contributed by atoms with E-state index in [0.717, 1.165) is 43.1 Å². The molecule has 1 fully saturated rings. The Morgan fingerprint density at radius 2 is 1.44 bits per heavy atom. The Hall–Kier alpha value is -1.35. The molecule has 3 rings (SSSR count). The first-order valence-corrected chi connectivity index (χ1v) is 10.8. The van der Waals surface area contributed by atoms with E-state index < -0.39 is 5.60 Å². The molecule has 0 radical (unpaired) electrons. The third-order valence-corrected chi connectivity index (χ3v) is 6.10. The minimum Gasteiger partial charge on any atom is -0.385 e. The maximum absolute atomic E-state index is 10.9. The second kappa shape index (κ2) is 10.3. The standard InChI is InChI=1S/C24H32ClNO/c25-23-14-12-22(13-15-23)24(27)16-19-26(20-17-24)18-8-3-1-2-5-9-21-10-6-4-7-11-21/h4,6-7,10-15,27H,1-3,5,8-9,16-20H2. The molecule has 1 heterocycles. The summed E-state index contributed by atoms with van der Waals surface area (Å²) in [6, 6.07) is 18.5. The van der Waals surface area contributed by atoms with Crippen LogP contribution >= 0.6 is 11.6 Å². The molecule has 1 N–H and O–H groups in total. The number of hydrogen-bond donors (Lipinski definition) is 1. The van der Waals surface area contributed by atoms with Crippen LogP contribution in [0.4, 0.5) is 0 Å². The lowest BCUT2D eigenvalue weighted by Gasteiger charge is -2.38. The van der Waals surface area contributed by atoms with Crippen LogP contribution in [-0.2, 0) is 12.0 Å². The SMILES string of the molecule is OC1(c2ccc(Cl)cc2)CCN(CCCCCCCc2ccccc2)CC1. The average Bonchev–Trinajstić information content (AvgIpc) is 2.70. The predicted octanol–water partition coefficient (Wildman–Crippen LogP) is 5.82. The number of nitrogens with zero attached hydrogens (tertiary/aromatic N) is 1. The van der Waals surface area contributed by atoms with Crippen molar-refractivity contribution in [1.82, 2.24) is 4.90 Å². The molecule has 0 atom stereocenters. The van der Waals surface area contributed by atoms with Crippen LogP contribution in [0.1, 0.15) is 56.1 Å². The fraction of sp³-hybridized carbons (Fsp3) is 0.500. The van der Waals surface area contributed by atoms with Gasteiger partial charge in [-0.25, -0.2) is 0 Å². The van der Waals surface area contributed by atoms with Crippen LogP contribution in [0, 0.1) is 0 Å². The van der Waals surface area contributed by atoms with Crippen molar-refractivity contribution < 1.29 is 5.11 Å². The fourth-order valence-electron chi connectivity index (χ4n) is 4.03. The van der Waals surface area contributed by atoms with Crippen LogP contribution < -0.4 is 0 Å². The molecule has 2 nitrogen and oxygen atoms in total. The Bertz CT molecular complexity index is 663. The number of unbranched alkanes of at least 4 members (excludes halogenated alkanes) is 4. The Morgan fingerprint density at radius 1 is 0.815 bits per heavy atom. The van der Waals surface area contributed by atoms with E-state index in [-0.39, 0.29) is 0 Å². The molecular weight excluding hydrogens is 354 g/mol. The van der Waals surface area contributed by atoms with Gasteiger partial charge in [0, 0.05) is 18.1 Å². The minimum atomic E-state index is -0.682. The second-order valence-electron chi connectivity index (χ2n) is 7.88.